The van der Waals surface area contributed by atoms with Gasteiger partial charge < -0.3 is 5.32 Å². The summed E-state index contributed by atoms with van der Waals surface area (Å²) in [4.78, 5) is 18.1. The lowest BCUT2D eigenvalue weighted by atomic mass is 10.1. The molecule has 0 spiro atoms. The Labute approximate surface area is 185 Å². The molecule has 0 saturated heterocycles. The van der Waals surface area contributed by atoms with Crippen LogP contribution < -0.4 is 5.32 Å². The highest BCUT2D eigenvalue weighted by atomic mass is 35.5. The normalized spacial score (nSPS) is 13.8. The summed E-state index contributed by atoms with van der Waals surface area (Å²) >= 11 is 5.98. The number of nitrogens with one attached hydrogen (secondary N) is 1. The van der Waals surface area contributed by atoms with Crippen molar-refractivity contribution in [3.8, 4) is 0 Å². The first kappa shape index (κ1) is 19.8. The number of pyridine rings is 1. The predicted octanol–water partition coefficient (Wildman–Crippen LogP) is 5.04. The lowest BCUT2D eigenvalue weighted by Crippen LogP contribution is -2.17. The Bertz CT molecular complexity index is 1250. The van der Waals surface area contributed by atoms with Crippen LogP contribution in [0.3, 0.4) is 0 Å². The standard InChI is InChI=1S/C23H23ClN6O/c1-14(2)30-22-19(12-26-30)18(11-20(27-22)16-5-6-16)23(31)28-21-9-10-25-29(21)13-15-3-7-17(24)8-4-15/h3-4,7-12,14,16H,5-6,13H2,1-2H3,(H,28,31). The number of nitrogens with zero attached hydrogens (tertiary/aromatic N) is 5. The number of hydrogen-bond acceptors (Lipinski definition) is 4. The van der Waals surface area contributed by atoms with Gasteiger partial charge in [0.1, 0.15) is 5.82 Å². The van der Waals surface area contributed by atoms with Gasteiger partial charge in [0.15, 0.2) is 5.65 Å². The van der Waals surface area contributed by atoms with Crippen LogP contribution in [0, 0.1) is 0 Å². The number of halogens is 1. The maximum Gasteiger partial charge on any atom is 0.257 e. The molecule has 7 nitrogen and oxygen atoms in total. The maximum atomic E-state index is 13.3. The van der Waals surface area contributed by atoms with Gasteiger partial charge in [0.2, 0.25) is 0 Å². The van der Waals surface area contributed by atoms with E-state index in [4.69, 9.17) is 16.6 Å². The van der Waals surface area contributed by atoms with Crippen LogP contribution in [0.2, 0.25) is 5.02 Å². The molecule has 0 aliphatic heterocycles. The van der Waals surface area contributed by atoms with Gasteiger partial charge in [-0.05, 0) is 50.5 Å². The maximum absolute atomic E-state index is 13.3. The zero-order valence-corrected chi connectivity index (χ0v) is 18.2. The van der Waals surface area contributed by atoms with Crippen molar-refractivity contribution in [2.45, 2.75) is 45.2 Å². The van der Waals surface area contributed by atoms with E-state index in [0.29, 0.717) is 28.9 Å². The quantitative estimate of drug-likeness (QED) is 0.461. The van der Waals surface area contributed by atoms with Crippen LogP contribution in [0.4, 0.5) is 5.82 Å². The zero-order valence-electron chi connectivity index (χ0n) is 17.4. The summed E-state index contributed by atoms with van der Waals surface area (Å²) in [6, 6.07) is 11.5. The molecule has 8 heteroatoms. The number of carbonyl (C=O) groups excluding carboxylic acids is 1. The molecule has 31 heavy (non-hydrogen) atoms. The summed E-state index contributed by atoms with van der Waals surface area (Å²) in [5.74, 6) is 0.881. The minimum atomic E-state index is -0.185. The van der Waals surface area contributed by atoms with E-state index in [2.05, 4.69) is 29.4 Å². The van der Waals surface area contributed by atoms with E-state index in [1.807, 2.05) is 35.0 Å². The minimum Gasteiger partial charge on any atom is -0.307 e. The van der Waals surface area contributed by atoms with E-state index >= 15 is 0 Å². The molecule has 0 atom stereocenters. The second kappa shape index (κ2) is 7.81. The van der Waals surface area contributed by atoms with E-state index in [0.717, 1.165) is 35.1 Å². The molecule has 5 rings (SSSR count). The second-order valence-electron chi connectivity index (χ2n) is 8.24. The van der Waals surface area contributed by atoms with Crippen molar-refractivity contribution in [3.05, 3.63) is 70.6 Å². The van der Waals surface area contributed by atoms with Crippen LogP contribution in [0.1, 0.15) is 60.3 Å². The fourth-order valence-electron chi connectivity index (χ4n) is 3.70. The largest absolute Gasteiger partial charge is 0.307 e. The van der Waals surface area contributed by atoms with Crippen molar-refractivity contribution in [1.29, 1.82) is 0 Å². The summed E-state index contributed by atoms with van der Waals surface area (Å²) < 4.78 is 3.64. The first-order chi connectivity index (χ1) is 15.0. The Morgan fingerprint density at radius 3 is 2.68 bits per heavy atom. The van der Waals surface area contributed by atoms with Crippen LogP contribution in [0.15, 0.2) is 48.8 Å². The van der Waals surface area contributed by atoms with E-state index in [1.54, 1.807) is 23.1 Å². The minimum absolute atomic E-state index is 0.163. The molecule has 4 aromatic rings. The van der Waals surface area contributed by atoms with Gasteiger partial charge in [-0.1, -0.05) is 23.7 Å². The third-order valence-electron chi connectivity index (χ3n) is 5.52. The molecule has 3 heterocycles. The molecule has 1 aliphatic carbocycles. The first-order valence-corrected chi connectivity index (χ1v) is 10.8. The average Bonchev–Trinajstić information content (AvgIpc) is 3.37. The molecule has 1 amide bonds. The van der Waals surface area contributed by atoms with E-state index in [1.165, 1.54) is 0 Å². The van der Waals surface area contributed by atoms with Gasteiger partial charge in [-0.2, -0.15) is 10.2 Å². The van der Waals surface area contributed by atoms with Crippen LogP contribution in [0.5, 0.6) is 0 Å². The van der Waals surface area contributed by atoms with E-state index in [-0.39, 0.29) is 11.9 Å². The molecule has 1 N–H and O–H groups in total. The van der Waals surface area contributed by atoms with Crippen LogP contribution in [-0.2, 0) is 6.54 Å². The number of benzene rings is 1. The molecular weight excluding hydrogens is 412 g/mol. The fourth-order valence-corrected chi connectivity index (χ4v) is 3.83. The summed E-state index contributed by atoms with van der Waals surface area (Å²) in [6.45, 7) is 4.66. The van der Waals surface area contributed by atoms with Crippen molar-refractivity contribution in [2.24, 2.45) is 0 Å². The summed E-state index contributed by atoms with van der Waals surface area (Å²) in [5, 5.41) is 13.3. The van der Waals surface area contributed by atoms with Gasteiger partial charge in [-0.25, -0.2) is 14.3 Å². The highest BCUT2D eigenvalue weighted by Gasteiger charge is 2.28. The second-order valence-corrected chi connectivity index (χ2v) is 8.68. The van der Waals surface area contributed by atoms with Gasteiger partial charge in [0.25, 0.3) is 5.91 Å². The zero-order chi connectivity index (χ0) is 21.5. The number of carbonyl (C=O) groups is 1. The van der Waals surface area contributed by atoms with Gasteiger partial charge in [-0.3, -0.25) is 4.79 Å². The van der Waals surface area contributed by atoms with Gasteiger partial charge >= 0.3 is 0 Å². The van der Waals surface area contributed by atoms with Crippen LogP contribution in [-0.4, -0.2) is 30.5 Å². The SMILES string of the molecule is CC(C)n1ncc2c(C(=O)Nc3ccnn3Cc3ccc(Cl)cc3)cc(C3CC3)nc21. The Morgan fingerprint density at radius 1 is 1.19 bits per heavy atom. The van der Waals surface area contributed by atoms with Crippen molar-refractivity contribution < 1.29 is 4.79 Å². The van der Waals surface area contributed by atoms with Crippen molar-refractivity contribution in [1.82, 2.24) is 24.5 Å². The number of fused-ring (bicyclic) bond motifs is 1. The Balaban J connectivity index is 1.46. The molecule has 0 unspecified atom stereocenters. The summed E-state index contributed by atoms with van der Waals surface area (Å²) in [5.41, 5.74) is 3.37. The number of anilines is 1. The Kier molecular flexibility index (Phi) is 4.98. The molecule has 1 saturated carbocycles. The van der Waals surface area contributed by atoms with Gasteiger partial charge in [-0.15, -0.1) is 0 Å². The number of amides is 1. The monoisotopic (exact) mass is 434 g/mol. The van der Waals surface area contributed by atoms with Crippen LogP contribution in [0.25, 0.3) is 11.0 Å². The third-order valence-corrected chi connectivity index (χ3v) is 5.77. The van der Waals surface area contributed by atoms with Gasteiger partial charge in [0.05, 0.1) is 29.9 Å². The highest BCUT2D eigenvalue weighted by Crippen LogP contribution is 2.40. The molecule has 1 fully saturated rings. The summed E-state index contributed by atoms with van der Waals surface area (Å²) in [6.07, 6.45) is 5.64. The molecular formula is C23H23ClN6O. The summed E-state index contributed by atoms with van der Waals surface area (Å²) in [7, 11) is 0. The first-order valence-electron chi connectivity index (χ1n) is 10.5. The van der Waals surface area contributed by atoms with E-state index < -0.39 is 0 Å². The predicted molar refractivity (Wildman–Crippen MR) is 121 cm³/mol. The van der Waals surface area contributed by atoms with Crippen LogP contribution >= 0.6 is 11.6 Å². The smallest absolute Gasteiger partial charge is 0.257 e. The van der Waals surface area contributed by atoms with Crippen molar-refractivity contribution in [2.75, 3.05) is 5.32 Å². The molecule has 3 aromatic heterocycles. The molecule has 1 aliphatic rings. The molecule has 1 aromatic carbocycles. The topological polar surface area (TPSA) is 77.6 Å². The van der Waals surface area contributed by atoms with Crippen molar-refractivity contribution in [3.63, 3.8) is 0 Å². The molecule has 0 radical (unpaired) electrons. The lowest BCUT2D eigenvalue weighted by Gasteiger charge is -2.12. The fraction of sp³-hybridized carbons (Fsp3) is 0.304. The number of rotatable bonds is 6. The highest BCUT2D eigenvalue weighted by molar-refractivity contribution is 6.30. The number of aromatic nitrogens is 5. The molecule has 0 bridgehead atoms. The number of hydrogen-bond donors (Lipinski definition) is 1. The molecule has 158 valence electrons. The van der Waals surface area contributed by atoms with Crippen molar-refractivity contribution >= 4 is 34.4 Å². The Hall–Kier alpha value is -3.19. The van der Waals surface area contributed by atoms with Gasteiger partial charge in [0, 0.05) is 28.7 Å². The van der Waals surface area contributed by atoms with E-state index in [9.17, 15) is 4.79 Å². The third kappa shape index (κ3) is 3.93. The Morgan fingerprint density at radius 2 is 1.97 bits per heavy atom. The average molecular weight is 435 g/mol. The lowest BCUT2D eigenvalue weighted by molar-refractivity contribution is 0.102.